The Labute approximate surface area is 104 Å². The molecule has 0 aliphatic heterocycles. The molecule has 1 rings (SSSR count). The van der Waals surface area contributed by atoms with Crippen molar-refractivity contribution in [2.24, 2.45) is 5.92 Å². The number of hydrogen-bond acceptors (Lipinski definition) is 3. The third kappa shape index (κ3) is 5.85. The molecule has 1 saturated carbocycles. The van der Waals surface area contributed by atoms with Gasteiger partial charge in [-0.05, 0) is 32.6 Å². The van der Waals surface area contributed by atoms with Gasteiger partial charge >= 0.3 is 5.97 Å². The topological polar surface area (TPSA) is 43.4 Å². The van der Waals surface area contributed by atoms with Crippen LogP contribution in [0.4, 0.5) is 0 Å². The van der Waals surface area contributed by atoms with Gasteiger partial charge in [0.05, 0.1) is 6.61 Å². The van der Waals surface area contributed by atoms with Crippen LogP contribution in [0.15, 0.2) is 0 Å². The lowest BCUT2D eigenvalue weighted by Crippen LogP contribution is -2.06. The van der Waals surface area contributed by atoms with E-state index in [4.69, 9.17) is 4.74 Å². The summed E-state index contributed by atoms with van der Waals surface area (Å²) in [6.45, 7) is 2.30. The zero-order chi connectivity index (χ0) is 12.5. The molecule has 0 aromatic rings. The third-order valence-corrected chi connectivity index (χ3v) is 3.42. The summed E-state index contributed by atoms with van der Waals surface area (Å²) in [5.74, 6) is 0.732. The monoisotopic (exact) mass is 240 g/mol. The van der Waals surface area contributed by atoms with Crippen LogP contribution in [-0.4, -0.2) is 18.4 Å². The molecule has 3 nitrogen and oxygen atoms in total. The van der Waals surface area contributed by atoms with Gasteiger partial charge in [-0.3, -0.25) is 9.59 Å². The molecule has 0 radical (unpaired) electrons. The molecular weight excluding hydrogens is 216 g/mol. The van der Waals surface area contributed by atoms with Crippen molar-refractivity contribution < 1.29 is 14.3 Å². The Morgan fingerprint density at radius 3 is 2.71 bits per heavy atom. The van der Waals surface area contributed by atoms with Gasteiger partial charge in [0, 0.05) is 18.8 Å². The Bertz CT molecular complexity index is 248. The zero-order valence-corrected chi connectivity index (χ0v) is 10.9. The second-order valence-corrected chi connectivity index (χ2v) is 4.81. The molecule has 1 atom stereocenters. The van der Waals surface area contributed by atoms with E-state index in [9.17, 15) is 9.59 Å². The molecule has 1 aliphatic carbocycles. The number of esters is 1. The minimum absolute atomic E-state index is 0.0847. The van der Waals surface area contributed by atoms with Gasteiger partial charge in [0.2, 0.25) is 0 Å². The van der Waals surface area contributed by atoms with Crippen molar-refractivity contribution in [3.63, 3.8) is 0 Å². The Balaban J connectivity index is 1.91. The van der Waals surface area contributed by atoms with E-state index >= 15 is 0 Å². The number of ether oxygens (including phenoxy) is 1. The average molecular weight is 240 g/mol. The fourth-order valence-electron chi connectivity index (χ4n) is 2.44. The lowest BCUT2D eigenvalue weighted by atomic mass is 9.98. The predicted octanol–water partition coefficient (Wildman–Crippen LogP) is 3.26. The van der Waals surface area contributed by atoms with Gasteiger partial charge in [-0.25, -0.2) is 0 Å². The second-order valence-electron chi connectivity index (χ2n) is 4.81. The van der Waals surface area contributed by atoms with Gasteiger partial charge in [0.1, 0.15) is 5.78 Å². The molecule has 0 unspecified atom stereocenters. The first-order chi connectivity index (χ1) is 8.24. The first kappa shape index (κ1) is 14.2. The summed E-state index contributed by atoms with van der Waals surface area (Å²) in [7, 11) is 0. The first-order valence-corrected chi connectivity index (χ1v) is 6.92. The summed E-state index contributed by atoms with van der Waals surface area (Å²) in [6, 6.07) is 0. The maximum absolute atomic E-state index is 11.4. The van der Waals surface area contributed by atoms with Crippen molar-refractivity contribution in [2.45, 2.75) is 64.7 Å². The lowest BCUT2D eigenvalue weighted by Gasteiger charge is -2.07. The van der Waals surface area contributed by atoms with Gasteiger partial charge in [-0.15, -0.1) is 0 Å². The smallest absolute Gasteiger partial charge is 0.305 e. The molecule has 0 heterocycles. The van der Waals surface area contributed by atoms with Gasteiger partial charge in [-0.1, -0.05) is 19.3 Å². The minimum Gasteiger partial charge on any atom is -0.466 e. The van der Waals surface area contributed by atoms with Crippen LogP contribution in [0.3, 0.4) is 0 Å². The van der Waals surface area contributed by atoms with E-state index in [0.717, 1.165) is 51.4 Å². The molecule has 0 amide bonds. The summed E-state index contributed by atoms with van der Waals surface area (Å²) < 4.78 is 4.86. The molecule has 0 bridgehead atoms. The number of unbranched alkanes of at least 4 members (excludes halogenated alkanes) is 3. The highest BCUT2D eigenvalue weighted by molar-refractivity contribution is 5.82. The summed E-state index contributed by atoms with van der Waals surface area (Å²) in [4.78, 5) is 22.5. The van der Waals surface area contributed by atoms with E-state index < -0.39 is 0 Å². The second kappa shape index (κ2) is 8.26. The number of ketones is 1. The summed E-state index contributed by atoms with van der Waals surface area (Å²) >= 11 is 0. The Hall–Kier alpha value is -0.860. The Morgan fingerprint density at radius 1 is 1.29 bits per heavy atom. The first-order valence-electron chi connectivity index (χ1n) is 6.92. The number of hydrogen-bond donors (Lipinski definition) is 0. The molecule has 17 heavy (non-hydrogen) atoms. The maximum Gasteiger partial charge on any atom is 0.305 e. The van der Waals surface area contributed by atoms with Crippen molar-refractivity contribution in [1.29, 1.82) is 0 Å². The summed E-state index contributed by atoms with van der Waals surface area (Å²) in [5.41, 5.74) is 0. The molecule has 1 aliphatic rings. The van der Waals surface area contributed by atoms with Crippen molar-refractivity contribution in [2.75, 3.05) is 6.61 Å². The fraction of sp³-hybridized carbons (Fsp3) is 0.857. The van der Waals surface area contributed by atoms with Crippen LogP contribution in [0.25, 0.3) is 0 Å². The molecule has 0 aromatic heterocycles. The molecule has 98 valence electrons. The highest BCUT2D eigenvalue weighted by Gasteiger charge is 2.23. The number of rotatable bonds is 8. The molecule has 0 saturated heterocycles. The van der Waals surface area contributed by atoms with Crippen molar-refractivity contribution >= 4 is 11.8 Å². The van der Waals surface area contributed by atoms with Crippen LogP contribution in [-0.2, 0) is 14.3 Å². The largest absolute Gasteiger partial charge is 0.466 e. The van der Waals surface area contributed by atoms with Crippen LogP contribution in [0.5, 0.6) is 0 Å². The molecule has 1 fully saturated rings. The van der Waals surface area contributed by atoms with Crippen LogP contribution in [0.2, 0.25) is 0 Å². The summed E-state index contributed by atoms with van der Waals surface area (Å²) in [5, 5.41) is 0. The van der Waals surface area contributed by atoms with Gasteiger partial charge < -0.3 is 4.74 Å². The van der Waals surface area contributed by atoms with Crippen LogP contribution < -0.4 is 0 Å². The Kier molecular flexibility index (Phi) is 6.90. The van der Waals surface area contributed by atoms with E-state index in [1.54, 1.807) is 0 Å². The number of carbonyl (C=O) groups is 2. The zero-order valence-electron chi connectivity index (χ0n) is 10.9. The highest BCUT2D eigenvalue weighted by Crippen LogP contribution is 2.26. The van der Waals surface area contributed by atoms with E-state index in [0.29, 0.717) is 24.7 Å². The molecule has 0 spiro atoms. The van der Waals surface area contributed by atoms with Crippen LogP contribution >= 0.6 is 0 Å². The number of carbonyl (C=O) groups excluding carboxylic acids is 2. The lowest BCUT2D eigenvalue weighted by molar-refractivity contribution is -0.143. The van der Waals surface area contributed by atoms with Gasteiger partial charge in [-0.2, -0.15) is 0 Å². The van der Waals surface area contributed by atoms with E-state index in [1.807, 2.05) is 6.92 Å². The van der Waals surface area contributed by atoms with Gasteiger partial charge in [0.15, 0.2) is 0 Å². The van der Waals surface area contributed by atoms with E-state index in [-0.39, 0.29) is 5.97 Å². The molecule has 0 N–H and O–H groups in total. The fourth-order valence-corrected chi connectivity index (χ4v) is 2.44. The minimum atomic E-state index is -0.0847. The van der Waals surface area contributed by atoms with Crippen molar-refractivity contribution in [1.82, 2.24) is 0 Å². The van der Waals surface area contributed by atoms with Crippen LogP contribution in [0, 0.1) is 5.92 Å². The molecule has 0 aromatic carbocycles. The highest BCUT2D eigenvalue weighted by atomic mass is 16.5. The average Bonchev–Trinajstić information content (AvgIpc) is 2.70. The van der Waals surface area contributed by atoms with Crippen molar-refractivity contribution in [3.8, 4) is 0 Å². The SMILES string of the molecule is CCOC(=O)CCCCCC[C@@H]1CCCC1=O. The molecule has 3 heteroatoms. The number of Topliss-reactive ketones (excluding diaryl/α,β-unsaturated/α-hetero) is 1. The normalized spacial score (nSPS) is 19.6. The summed E-state index contributed by atoms with van der Waals surface area (Å²) in [6.07, 6.45) is 8.82. The standard InChI is InChI=1S/C14H24O3/c1-2-17-14(16)11-6-4-3-5-8-12-9-7-10-13(12)15/h12H,2-11H2,1H3/t12-/m1/s1. The molecular formula is C14H24O3. The Morgan fingerprint density at radius 2 is 2.06 bits per heavy atom. The predicted molar refractivity (Wildman–Crippen MR) is 66.7 cm³/mol. The quantitative estimate of drug-likeness (QED) is 0.483. The van der Waals surface area contributed by atoms with Crippen LogP contribution in [0.1, 0.15) is 64.7 Å². The third-order valence-electron chi connectivity index (χ3n) is 3.42. The van der Waals surface area contributed by atoms with E-state index in [2.05, 4.69) is 0 Å². The van der Waals surface area contributed by atoms with E-state index in [1.165, 1.54) is 0 Å². The maximum atomic E-state index is 11.4. The van der Waals surface area contributed by atoms with Crippen molar-refractivity contribution in [3.05, 3.63) is 0 Å². The van der Waals surface area contributed by atoms with Gasteiger partial charge in [0.25, 0.3) is 0 Å².